The maximum atomic E-state index is 3.66. The molecule has 0 heterocycles. The number of thioether (sulfide) groups is 1. The summed E-state index contributed by atoms with van der Waals surface area (Å²) in [5.74, 6) is 3.14. The average molecular weight is 215 g/mol. The molecule has 0 bridgehead atoms. The first kappa shape index (κ1) is 12.4. The summed E-state index contributed by atoms with van der Waals surface area (Å²) in [4.78, 5) is 0. The van der Waals surface area contributed by atoms with Crippen molar-refractivity contribution in [2.24, 2.45) is 11.8 Å². The van der Waals surface area contributed by atoms with Gasteiger partial charge in [-0.15, -0.1) is 0 Å². The zero-order valence-corrected chi connectivity index (χ0v) is 10.7. The highest BCUT2D eigenvalue weighted by Gasteiger charge is 2.22. The molecule has 0 atom stereocenters. The van der Waals surface area contributed by atoms with E-state index in [2.05, 4.69) is 25.4 Å². The first-order valence-electron chi connectivity index (χ1n) is 5.96. The molecule has 1 N–H and O–H groups in total. The fourth-order valence-electron chi connectivity index (χ4n) is 2.36. The smallest absolute Gasteiger partial charge is 0.00676 e. The summed E-state index contributed by atoms with van der Waals surface area (Å²) in [5, 5.41) is 3.66. The van der Waals surface area contributed by atoms with Crippen LogP contribution in [0.5, 0.6) is 0 Å². The molecule has 1 aliphatic rings. The maximum absolute atomic E-state index is 3.66. The molecule has 1 fully saturated rings. The molecule has 1 aliphatic carbocycles. The minimum atomic E-state index is 0.817. The summed E-state index contributed by atoms with van der Waals surface area (Å²) in [6, 6.07) is 0.817. The molecule has 0 aliphatic heterocycles. The molecule has 0 aromatic carbocycles. The van der Waals surface area contributed by atoms with Gasteiger partial charge in [-0.05, 0) is 43.8 Å². The molecule has 0 amide bonds. The van der Waals surface area contributed by atoms with E-state index in [1.165, 1.54) is 38.0 Å². The van der Waals surface area contributed by atoms with Crippen LogP contribution in [0.25, 0.3) is 0 Å². The van der Waals surface area contributed by atoms with Crippen LogP contribution >= 0.6 is 11.8 Å². The number of nitrogens with one attached hydrogen (secondary N) is 1. The minimum Gasteiger partial charge on any atom is -0.313 e. The molecule has 0 unspecified atom stereocenters. The van der Waals surface area contributed by atoms with E-state index < -0.39 is 0 Å². The summed E-state index contributed by atoms with van der Waals surface area (Å²) in [5.41, 5.74) is 0. The third kappa shape index (κ3) is 4.22. The maximum Gasteiger partial charge on any atom is 0.00676 e. The lowest BCUT2D eigenvalue weighted by Crippen LogP contribution is -2.35. The van der Waals surface area contributed by atoms with E-state index in [1.54, 1.807) is 0 Å². The van der Waals surface area contributed by atoms with E-state index in [0.29, 0.717) is 0 Å². The van der Waals surface area contributed by atoms with Gasteiger partial charge in [-0.3, -0.25) is 0 Å². The van der Waals surface area contributed by atoms with Crippen LogP contribution in [0.3, 0.4) is 0 Å². The summed E-state index contributed by atoms with van der Waals surface area (Å²) < 4.78 is 0. The van der Waals surface area contributed by atoms with Crippen LogP contribution < -0.4 is 5.32 Å². The van der Waals surface area contributed by atoms with Gasteiger partial charge in [0.05, 0.1) is 0 Å². The Balaban J connectivity index is 2.09. The van der Waals surface area contributed by atoms with Crippen LogP contribution in [-0.4, -0.2) is 24.6 Å². The largest absolute Gasteiger partial charge is 0.313 e. The van der Waals surface area contributed by atoms with Crippen molar-refractivity contribution in [3.05, 3.63) is 0 Å². The van der Waals surface area contributed by atoms with Crippen molar-refractivity contribution in [1.29, 1.82) is 0 Å². The van der Waals surface area contributed by atoms with Gasteiger partial charge >= 0.3 is 0 Å². The Morgan fingerprint density at radius 1 is 1.21 bits per heavy atom. The van der Waals surface area contributed by atoms with Crippen LogP contribution in [0.15, 0.2) is 0 Å². The predicted octanol–water partition coefficient (Wildman–Crippen LogP) is 3.15. The quantitative estimate of drug-likeness (QED) is 0.707. The van der Waals surface area contributed by atoms with Gasteiger partial charge in [0.2, 0.25) is 0 Å². The Morgan fingerprint density at radius 2 is 1.86 bits per heavy atom. The lowest BCUT2D eigenvalue weighted by molar-refractivity contribution is 0.241. The van der Waals surface area contributed by atoms with Crippen LogP contribution in [0.2, 0.25) is 0 Å². The van der Waals surface area contributed by atoms with Gasteiger partial charge in [0.15, 0.2) is 0 Å². The molecule has 84 valence electrons. The molecule has 0 radical (unpaired) electrons. The first-order chi connectivity index (χ1) is 6.74. The standard InChI is InChI=1S/C12H25NS/c1-10(2)11-4-6-12(7-5-11)13-8-9-14-3/h10-13H,4-9H2,1-3H3. The van der Waals surface area contributed by atoms with Crippen LogP contribution in [-0.2, 0) is 0 Å². The molecular formula is C12H25NS. The van der Waals surface area contributed by atoms with Gasteiger partial charge in [0.25, 0.3) is 0 Å². The lowest BCUT2D eigenvalue weighted by Gasteiger charge is -2.31. The lowest BCUT2D eigenvalue weighted by atomic mass is 9.80. The molecule has 14 heavy (non-hydrogen) atoms. The van der Waals surface area contributed by atoms with Crippen molar-refractivity contribution in [3.63, 3.8) is 0 Å². The highest BCUT2D eigenvalue weighted by molar-refractivity contribution is 7.98. The van der Waals surface area contributed by atoms with E-state index in [4.69, 9.17) is 0 Å². The zero-order valence-electron chi connectivity index (χ0n) is 9.88. The Morgan fingerprint density at radius 3 is 2.36 bits per heavy atom. The molecule has 0 spiro atoms. The molecule has 1 nitrogen and oxygen atoms in total. The molecule has 2 heteroatoms. The summed E-state index contributed by atoms with van der Waals surface area (Å²) in [7, 11) is 0. The molecule has 0 aromatic rings. The van der Waals surface area contributed by atoms with Gasteiger partial charge in [0.1, 0.15) is 0 Å². The van der Waals surface area contributed by atoms with Crippen LogP contribution in [0.4, 0.5) is 0 Å². The van der Waals surface area contributed by atoms with Crippen molar-refractivity contribution in [1.82, 2.24) is 5.32 Å². The van der Waals surface area contributed by atoms with Crippen molar-refractivity contribution in [3.8, 4) is 0 Å². The molecule has 1 rings (SSSR count). The fourth-order valence-corrected chi connectivity index (χ4v) is 2.68. The molecule has 0 aromatic heterocycles. The van der Waals surface area contributed by atoms with Crippen molar-refractivity contribution in [2.45, 2.75) is 45.6 Å². The Kier molecular flexibility index (Phi) is 5.95. The van der Waals surface area contributed by atoms with E-state index in [1.807, 2.05) is 11.8 Å². The van der Waals surface area contributed by atoms with Gasteiger partial charge in [-0.2, -0.15) is 11.8 Å². The zero-order chi connectivity index (χ0) is 10.4. The monoisotopic (exact) mass is 215 g/mol. The summed E-state index contributed by atoms with van der Waals surface area (Å²) in [6.45, 7) is 5.93. The van der Waals surface area contributed by atoms with Gasteiger partial charge in [-0.1, -0.05) is 13.8 Å². The van der Waals surface area contributed by atoms with Crippen molar-refractivity contribution >= 4 is 11.8 Å². The minimum absolute atomic E-state index is 0.817. The highest BCUT2D eigenvalue weighted by Crippen LogP contribution is 2.29. The normalized spacial score (nSPS) is 28.3. The van der Waals surface area contributed by atoms with E-state index in [-0.39, 0.29) is 0 Å². The van der Waals surface area contributed by atoms with E-state index in [9.17, 15) is 0 Å². The van der Waals surface area contributed by atoms with E-state index in [0.717, 1.165) is 17.9 Å². The van der Waals surface area contributed by atoms with Crippen molar-refractivity contribution < 1.29 is 0 Å². The van der Waals surface area contributed by atoms with E-state index >= 15 is 0 Å². The molecular weight excluding hydrogens is 190 g/mol. The average Bonchev–Trinajstić information content (AvgIpc) is 2.19. The Bertz CT molecular complexity index is 139. The first-order valence-corrected chi connectivity index (χ1v) is 7.35. The number of rotatable bonds is 5. The SMILES string of the molecule is CSCCNC1CCC(C(C)C)CC1. The molecule has 1 saturated carbocycles. The highest BCUT2D eigenvalue weighted by atomic mass is 32.2. The summed E-state index contributed by atoms with van der Waals surface area (Å²) >= 11 is 1.93. The third-order valence-corrected chi connectivity index (χ3v) is 4.07. The topological polar surface area (TPSA) is 12.0 Å². The second kappa shape index (κ2) is 6.73. The van der Waals surface area contributed by atoms with Gasteiger partial charge in [0, 0.05) is 18.3 Å². The summed E-state index contributed by atoms with van der Waals surface area (Å²) in [6.07, 6.45) is 7.86. The number of hydrogen-bond acceptors (Lipinski definition) is 2. The second-order valence-electron chi connectivity index (χ2n) is 4.80. The Hall–Kier alpha value is 0.310. The van der Waals surface area contributed by atoms with Gasteiger partial charge < -0.3 is 5.32 Å². The third-order valence-electron chi connectivity index (χ3n) is 3.45. The molecule has 0 saturated heterocycles. The fraction of sp³-hybridized carbons (Fsp3) is 1.00. The Labute approximate surface area is 93.4 Å². The van der Waals surface area contributed by atoms with Crippen molar-refractivity contribution in [2.75, 3.05) is 18.6 Å². The van der Waals surface area contributed by atoms with Crippen LogP contribution in [0, 0.1) is 11.8 Å². The number of hydrogen-bond donors (Lipinski definition) is 1. The van der Waals surface area contributed by atoms with Gasteiger partial charge in [-0.25, -0.2) is 0 Å². The van der Waals surface area contributed by atoms with Crippen LogP contribution in [0.1, 0.15) is 39.5 Å². The second-order valence-corrected chi connectivity index (χ2v) is 5.79. The predicted molar refractivity (Wildman–Crippen MR) is 67.0 cm³/mol.